The third kappa shape index (κ3) is 5.56. The molecule has 1 N–H and O–H groups in total. The lowest BCUT2D eigenvalue weighted by Crippen LogP contribution is -2.61. The van der Waals surface area contributed by atoms with Crippen molar-refractivity contribution in [2.75, 3.05) is 19.6 Å². The Hall–Kier alpha value is -0.0800. The van der Waals surface area contributed by atoms with Gasteiger partial charge in [0.15, 0.2) is 0 Å². The number of nitrogens with one attached hydrogen (secondary N) is 1. The minimum absolute atomic E-state index is 0.393. The number of unbranched alkanes of at least 4 members (excludes halogenated alkanes) is 5. The summed E-state index contributed by atoms with van der Waals surface area (Å²) in [5.41, 5.74) is 0.393. The highest BCUT2D eigenvalue weighted by Gasteiger charge is 2.40. The van der Waals surface area contributed by atoms with Gasteiger partial charge < -0.3 is 5.32 Å². The summed E-state index contributed by atoms with van der Waals surface area (Å²) in [4.78, 5) is 2.82. The Labute approximate surface area is 133 Å². The SMILES string of the molecule is CCCCCCCCN1CC(C2CC2)NCC1C(C)(C)C. The molecular weight excluding hydrogens is 256 g/mol. The Balaban J connectivity index is 1.76. The summed E-state index contributed by atoms with van der Waals surface area (Å²) >= 11 is 0. The van der Waals surface area contributed by atoms with Crippen LogP contribution in [0, 0.1) is 11.3 Å². The van der Waals surface area contributed by atoms with Crippen molar-refractivity contribution in [2.24, 2.45) is 11.3 Å². The number of hydrogen-bond acceptors (Lipinski definition) is 2. The first-order valence-corrected chi connectivity index (χ1v) is 9.49. The van der Waals surface area contributed by atoms with E-state index in [0.29, 0.717) is 11.5 Å². The fraction of sp³-hybridized carbons (Fsp3) is 1.00. The van der Waals surface area contributed by atoms with Gasteiger partial charge in [-0.3, -0.25) is 4.90 Å². The van der Waals surface area contributed by atoms with Crippen LogP contribution < -0.4 is 5.32 Å². The van der Waals surface area contributed by atoms with Gasteiger partial charge >= 0.3 is 0 Å². The molecule has 1 saturated carbocycles. The first-order chi connectivity index (χ1) is 10.0. The standard InChI is InChI=1S/C19H38N2/c1-5-6-7-8-9-10-13-21-15-17(16-11-12-16)20-14-18(21)19(2,3)4/h16-18,20H,5-15H2,1-4H3. The lowest BCUT2D eigenvalue weighted by Gasteiger charge is -2.46. The van der Waals surface area contributed by atoms with E-state index in [-0.39, 0.29) is 0 Å². The molecule has 2 unspecified atom stereocenters. The zero-order valence-corrected chi connectivity index (χ0v) is 15.0. The van der Waals surface area contributed by atoms with Gasteiger partial charge in [0.1, 0.15) is 0 Å². The molecular formula is C19H38N2. The summed E-state index contributed by atoms with van der Waals surface area (Å²) < 4.78 is 0. The number of piperazine rings is 1. The van der Waals surface area contributed by atoms with Crippen molar-refractivity contribution in [1.82, 2.24) is 10.2 Å². The summed E-state index contributed by atoms with van der Waals surface area (Å²) in [6.07, 6.45) is 11.4. The molecule has 0 aromatic carbocycles. The largest absolute Gasteiger partial charge is 0.311 e. The molecule has 0 radical (unpaired) electrons. The van der Waals surface area contributed by atoms with E-state index < -0.39 is 0 Å². The van der Waals surface area contributed by atoms with Gasteiger partial charge in [0, 0.05) is 25.2 Å². The Morgan fingerprint density at radius 1 is 1.00 bits per heavy atom. The molecule has 0 bridgehead atoms. The van der Waals surface area contributed by atoms with E-state index in [2.05, 4.69) is 37.9 Å². The van der Waals surface area contributed by atoms with Crippen molar-refractivity contribution in [3.05, 3.63) is 0 Å². The molecule has 2 heteroatoms. The summed E-state index contributed by atoms with van der Waals surface area (Å²) in [7, 11) is 0. The molecule has 1 aliphatic carbocycles. The van der Waals surface area contributed by atoms with Crippen molar-refractivity contribution < 1.29 is 0 Å². The van der Waals surface area contributed by atoms with Crippen molar-refractivity contribution >= 4 is 0 Å². The van der Waals surface area contributed by atoms with Crippen LogP contribution in [0.2, 0.25) is 0 Å². The van der Waals surface area contributed by atoms with Gasteiger partial charge in [-0.15, -0.1) is 0 Å². The van der Waals surface area contributed by atoms with Crippen molar-refractivity contribution in [1.29, 1.82) is 0 Å². The monoisotopic (exact) mass is 294 g/mol. The summed E-state index contributed by atoms with van der Waals surface area (Å²) in [6.45, 7) is 13.3. The van der Waals surface area contributed by atoms with E-state index in [1.807, 2.05) is 0 Å². The number of nitrogens with zero attached hydrogens (tertiary/aromatic N) is 1. The third-order valence-electron chi connectivity index (χ3n) is 5.43. The molecule has 2 fully saturated rings. The first-order valence-electron chi connectivity index (χ1n) is 9.49. The average Bonchev–Trinajstić information content (AvgIpc) is 3.26. The smallest absolute Gasteiger partial charge is 0.0269 e. The Morgan fingerprint density at radius 3 is 2.29 bits per heavy atom. The molecule has 2 atom stereocenters. The van der Waals surface area contributed by atoms with Crippen LogP contribution in [0.25, 0.3) is 0 Å². The summed E-state index contributed by atoms with van der Waals surface area (Å²) in [5.74, 6) is 0.984. The Morgan fingerprint density at radius 2 is 1.67 bits per heavy atom. The van der Waals surface area contributed by atoms with Crippen LogP contribution in [0.3, 0.4) is 0 Å². The second-order valence-corrected chi connectivity index (χ2v) is 8.50. The average molecular weight is 295 g/mol. The normalized spacial score (nSPS) is 28.0. The van der Waals surface area contributed by atoms with E-state index >= 15 is 0 Å². The van der Waals surface area contributed by atoms with Crippen molar-refractivity contribution in [3.8, 4) is 0 Å². The summed E-state index contributed by atoms with van der Waals surface area (Å²) in [5, 5.41) is 3.84. The quantitative estimate of drug-likeness (QED) is 0.666. The van der Waals surface area contributed by atoms with Crippen molar-refractivity contribution in [2.45, 2.75) is 91.1 Å². The highest BCUT2D eigenvalue weighted by molar-refractivity contribution is 4.97. The highest BCUT2D eigenvalue weighted by atomic mass is 15.2. The molecule has 21 heavy (non-hydrogen) atoms. The van der Waals surface area contributed by atoms with Crippen LogP contribution in [-0.2, 0) is 0 Å². The fourth-order valence-electron chi connectivity index (χ4n) is 3.85. The molecule has 0 aromatic heterocycles. The second kappa shape index (κ2) is 7.97. The lowest BCUT2D eigenvalue weighted by atomic mass is 9.83. The van der Waals surface area contributed by atoms with Crippen LogP contribution >= 0.6 is 0 Å². The maximum Gasteiger partial charge on any atom is 0.0269 e. The molecule has 0 aromatic rings. The van der Waals surface area contributed by atoms with E-state index in [4.69, 9.17) is 0 Å². The molecule has 2 nitrogen and oxygen atoms in total. The minimum atomic E-state index is 0.393. The zero-order valence-electron chi connectivity index (χ0n) is 15.0. The van der Waals surface area contributed by atoms with Gasteiger partial charge in [-0.2, -0.15) is 0 Å². The Kier molecular flexibility index (Phi) is 6.55. The van der Waals surface area contributed by atoms with Crippen LogP contribution in [0.5, 0.6) is 0 Å². The van der Waals surface area contributed by atoms with Crippen LogP contribution in [0.4, 0.5) is 0 Å². The molecule has 0 amide bonds. The number of rotatable bonds is 8. The fourth-order valence-corrected chi connectivity index (χ4v) is 3.85. The maximum atomic E-state index is 3.84. The molecule has 1 heterocycles. The third-order valence-corrected chi connectivity index (χ3v) is 5.43. The molecule has 2 aliphatic rings. The maximum absolute atomic E-state index is 3.84. The van der Waals surface area contributed by atoms with Gasteiger partial charge in [0.2, 0.25) is 0 Å². The van der Waals surface area contributed by atoms with E-state index in [9.17, 15) is 0 Å². The topological polar surface area (TPSA) is 15.3 Å². The van der Waals surface area contributed by atoms with E-state index in [1.54, 1.807) is 0 Å². The molecule has 2 rings (SSSR count). The molecule has 1 aliphatic heterocycles. The van der Waals surface area contributed by atoms with Gasteiger partial charge in [0.05, 0.1) is 0 Å². The molecule has 1 saturated heterocycles. The van der Waals surface area contributed by atoms with Gasteiger partial charge in [0.25, 0.3) is 0 Å². The van der Waals surface area contributed by atoms with Crippen LogP contribution in [0.1, 0.15) is 79.1 Å². The molecule has 0 spiro atoms. The van der Waals surface area contributed by atoms with Crippen molar-refractivity contribution in [3.63, 3.8) is 0 Å². The first kappa shape index (κ1) is 17.3. The van der Waals surface area contributed by atoms with Gasteiger partial charge in [-0.05, 0) is 37.1 Å². The van der Waals surface area contributed by atoms with E-state index in [0.717, 1.165) is 12.0 Å². The predicted molar refractivity (Wildman–Crippen MR) is 92.7 cm³/mol. The zero-order chi connectivity index (χ0) is 15.3. The summed E-state index contributed by atoms with van der Waals surface area (Å²) in [6, 6.07) is 1.49. The number of hydrogen-bond donors (Lipinski definition) is 1. The molecule has 124 valence electrons. The van der Waals surface area contributed by atoms with Crippen LogP contribution in [-0.4, -0.2) is 36.6 Å². The van der Waals surface area contributed by atoms with Crippen LogP contribution in [0.15, 0.2) is 0 Å². The van der Waals surface area contributed by atoms with E-state index in [1.165, 1.54) is 71.0 Å². The Bertz CT molecular complexity index is 290. The van der Waals surface area contributed by atoms with Gasteiger partial charge in [-0.1, -0.05) is 59.8 Å². The van der Waals surface area contributed by atoms with Gasteiger partial charge in [-0.25, -0.2) is 0 Å². The predicted octanol–water partition coefficient (Wildman–Crippen LogP) is 4.45. The second-order valence-electron chi connectivity index (χ2n) is 8.50. The highest BCUT2D eigenvalue weighted by Crippen LogP contribution is 2.36. The minimum Gasteiger partial charge on any atom is -0.311 e. The lowest BCUT2D eigenvalue weighted by molar-refractivity contribution is 0.0498.